The highest BCUT2D eigenvalue weighted by atomic mass is 35.5. The van der Waals surface area contributed by atoms with Crippen LogP contribution in [0.25, 0.3) is 0 Å². The number of hydrogen-bond donors (Lipinski definition) is 2. The van der Waals surface area contributed by atoms with Gasteiger partial charge in [-0.25, -0.2) is 9.97 Å². The van der Waals surface area contributed by atoms with Gasteiger partial charge in [0.05, 0.1) is 22.9 Å². The summed E-state index contributed by atoms with van der Waals surface area (Å²) >= 11 is 5.96. The quantitative estimate of drug-likeness (QED) is 0.885. The van der Waals surface area contributed by atoms with E-state index in [1.54, 1.807) is 18.3 Å². The zero-order chi connectivity index (χ0) is 14.4. The summed E-state index contributed by atoms with van der Waals surface area (Å²) in [6.07, 6.45) is 1.70. The number of anilines is 1. The van der Waals surface area contributed by atoms with Crippen LogP contribution < -0.4 is 10.6 Å². The molecule has 1 aromatic heterocycles. The number of benzene rings is 1. The smallest absolute Gasteiger partial charge is 0.238 e. The maximum absolute atomic E-state index is 11.8. The van der Waals surface area contributed by atoms with Crippen LogP contribution >= 0.6 is 11.6 Å². The minimum absolute atomic E-state index is 0.149. The number of amides is 1. The number of aromatic nitrogens is 2. The van der Waals surface area contributed by atoms with Crippen molar-refractivity contribution < 1.29 is 4.79 Å². The summed E-state index contributed by atoms with van der Waals surface area (Å²) in [7, 11) is 0. The first kappa shape index (κ1) is 14.4. The van der Waals surface area contributed by atoms with Crippen LogP contribution in [0.4, 0.5) is 5.69 Å². The summed E-state index contributed by atoms with van der Waals surface area (Å²) in [5.74, 6) is 0.564. The van der Waals surface area contributed by atoms with Gasteiger partial charge in [-0.05, 0) is 25.1 Å². The summed E-state index contributed by atoms with van der Waals surface area (Å²) in [5.41, 5.74) is 1.46. The van der Waals surface area contributed by atoms with Crippen molar-refractivity contribution in [3.8, 4) is 0 Å². The minimum atomic E-state index is -0.149. The number of para-hydroxylation sites is 1. The molecule has 5 nitrogen and oxygen atoms in total. The number of aryl methyl sites for hydroxylation is 1. The number of carbonyl (C=O) groups is 1. The average molecular weight is 291 g/mol. The van der Waals surface area contributed by atoms with Crippen molar-refractivity contribution in [1.29, 1.82) is 0 Å². The van der Waals surface area contributed by atoms with Crippen LogP contribution in [0, 0.1) is 6.92 Å². The Labute approximate surface area is 122 Å². The molecular weight excluding hydrogens is 276 g/mol. The maximum atomic E-state index is 11.8. The zero-order valence-corrected chi connectivity index (χ0v) is 11.8. The van der Waals surface area contributed by atoms with Gasteiger partial charge in [0.25, 0.3) is 0 Å². The van der Waals surface area contributed by atoms with Gasteiger partial charge in [-0.1, -0.05) is 23.7 Å². The van der Waals surface area contributed by atoms with E-state index in [0.717, 1.165) is 5.69 Å². The van der Waals surface area contributed by atoms with Gasteiger partial charge in [-0.3, -0.25) is 4.79 Å². The van der Waals surface area contributed by atoms with E-state index in [9.17, 15) is 4.79 Å². The van der Waals surface area contributed by atoms with E-state index >= 15 is 0 Å². The Kier molecular flexibility index (Phi) is 5.03. The van der Waals surface area contributed by atoms with E-state index in [0.29, 0.717) is 23.1 Å². The second-order valence-corrected chi connectivity index (χ2v) is 4.63. The lowest BCUT2D eigenvalue weighted by Crippen LogP contribution is -2.28. The third kappa shape index (κ3) is 4.29. The van der Waals surface area contributed by atoms with Gasteiger partial charge in [0.2, 0.25) is 5.91 Å². The average Bonchev–Trinajstić information content (AvgIpc) is 2.41. The number of rotatable bonds is 5. The van der Waals surface area contributed by atoms with E-state index < -0.39 is 0 Å². The van der Waals surface area contributed by atoms with Crippen molar-refractivity contribution in [2.24, 2.45) is 0 Å². The molecule has 0 saturated heterocycles. The van der Waals surface area contributed by atoms with Gasteiger partial charge in [0.1, 0.15) is 5.82 Å². The topological polar surface area (TPSA) is 66.9 Å². The van der Waals surface area contributed by atoms with Crippen molar-refractivity contribution >= 4 is 23.2 Å². The van der Waals surface area contributed by atoms with Crippen LogP contribution in [-0.2, 0) is 11.3 Å². The van der Waals surface area contributed by atoms with E-state index in [4.69, 9.17) is 11.6 Å². The zero-order valence-electron chi connectivity index (χ0n) is 11.1. The molecule has 2 N–H and O–H groups in total. The molecule has 0 spiro atoms. The fourth-order valence-corrected chi connectivity index (χ4v) is 1.85. The van der Waals surface area contributed by atoms with E-state index in [-0.39, 0.29) is 12.5 Å². The first-order chi connectivity index (χ1) is 9.65. The van der Waals surface area contributed by atoms with Crippen molar-refractivity contribution in [1.82, 2.24) is 15.3 Å². The van der Waals surface area contributed by atoms with Gasteiger partial charge in [-0.15, -0.1) is 0 Å². The Morgan fingerprint density at radius 2 is 2.10 bits per heavy atom. The molecule has 0 saturated carbocycles. The number of hydrogen-bond acceptors (Lipinski definition) is 4. The van der Waals surface area contributed by atoms with Crippen LogP contribution in [0.5, 0.6) is 0 Å². The molecular formula is C14H15ClN4O. The largest absolute Gasteiger partial charge is 0.324 e. The van der Waals surface area contributed by atoms with Gasteiger partial charge in [-0.2, -0.15) is 0 Å². The molecule has 2 rings (SSSR count). The Balaban J connectivity index is 1.80. The highest BCUT2D eigenvalue weighted by Crippen LogP contribution is 2.19. The number of carbonyl (C=O) groups excluding carboxylic acids is 1. The fourth-order valence-electron chi connectivity index (χ4n) is 1.66. The molecule has 6 heteroatoms. The standard InChI is InChI=1S/C14H15ClN4O/c1-10-17-7-6-11(18-10)8-16-9-14(20)19-13-5-3-2-4-12(13)15/h2-7,16H,8-9H2,1H3,(H,19,20). The Bertz CT molecular complexity index is 603. The molecule has 1 heterocycles. The number of nitrogens with zero attached hydrogens (tertiary/aromatic N) is 2. The highest BCUT2D eigenvalue weighted by Gasteiger charge is 2.05. The summed E-state index contributed by atoms with van der Waals surface area (Å²) in [5, 5.41) is 6.29. The highest BCUT2D eigenvalue weighted by molar-refractivity contribution is 6.33. The third-order valence-corrected chi connectivity index (χ3v) is 2.90. The van der Waals surface area contributed by atoms with Crippen LogP contribution in [0.2, 0.25) is 5.02 Å². The van der Waals surface area contributed by atoms with Crippen LogP contribution in [0.1, 0.15) is 11.5 Å². The molecule has 0 bridgehead atoms. The van der Waals surface area contributed by atoms with Crippen LogP contribution in [0.3, 0.4) is 0 Å². The molecule has 0 atom stereocenters. The van der Waals surface area contributed by atoms with Gasteiger partial charge in [0, 0.05) is 12.7 Å². The lowest BCUT2D eigenvalue weighted by atomic mass is 10.3. The Morgan fingerprint density at radius 3 is 2.85 bits per heavy atom. The van der Waals surface area contributed by atoms with E-state index in [1.165, 1.54) is 0 Å². The van der Waals surface area contributed by atoms with Crippen molar-refractivity contribution in [2.45, 2.75) is 13.5 Å². The molecule has 104 valence electrons. The predicted molar refractivity (Wildman–Crippen MR) is 78.6 cm³/mol. The molecule has 20 heavy (non-hydrogen) atoms. The lowest BCUT2D eigenvalue weighted by Gasteiger charge is -2.08. The molecule has 0 unspecified atom stereocenters. The van der Waals surface area contributed by atoms with Crippen molar-refractivity contribution in [2.75, 3.05) is 11.9 Å². The van der Waals surface area contributed by atoms with Crippen LogP contribution in [-0.4, -0.2) is 22.4 Å². The number of nitrogens with one attached hydrogen (secondary N) is 2. The molecule has 0 aliphatic rings. The Morgan fingerprint density at radius 1 is 1.30 bits per heavy atom. The third-order valence-electron chi connectivity index (χ3n) is 2.57. The van der Waals surface area contributed by atoms with Crippen LogP contribution in [0.15, 0.2) is 36.5 Å². The molecule has 0 aliphatic heterocycles. The molecule has 0 aliphatic carbocycles. The maximum Gasteiger partial charge on any atom is 0.238 e. The normalized spacial score (nSPS) is 10.3. The van der Waals surface area contributed by atoms with Gasteiger partial charge in [0.15, 0.2) is 0 Å². The fraction of sp³-hybridized carbons (Fsp3) is 0.214. The molecule has 1 amide bonds. The minimum Gasteiger partial charge on any atom is -0.324 e. The first-order valence-corrected chi connectivity index (χ1v) is 6.56. The molecule has 0 fully saturated rings. The second kappa shape index (κ2) is 6.98. The molecule has 1 aromatic carbocycles. The SMILES string of the molecule is Cc1nccc(CNCC(=O)Nc2ccccc2Cl)n1. The molecule has 0 radical (unpaired) electrons. The predicted octanol–water partition coefficient (Wildman–Crippen LogP) is 2.17. The number of halogens is 1. The first-order valence-electron chi connectivity index (χ1n) is 6.19. The summed E-state index contributed by atoms with van der Waals surface area (Å²) in [6.45, 7) is 2.53. The summed E-state index contributed by atoms with van der Waals surface area (Å²) in [4.78, 5) is 20.0. The van der Waals surface area contributed by atoms with Crippen molar-refractivity contribution in [3.05, 3.63) is 53.1 Å². The van der Waals surface area contributed by atoms with E-state index in [1.807, 2.05) is 25.1 Å². The second-order valence-electron chi connectivity index (χ2n) is 4.23. The Hall–Kier alpha value is -1.98. The van der Waals surface area contributed by atoms with Gasteiger partial charge < -0.3 is 10.6 Å². The monoisotopic (exact) mass is 290 g/mol. The lowest BCUT2D eigenvalue weighted by molar-refractivity contribution is -0.115. The molecule has 2 aromatic rings. The van der Waals surface area contributed by atoms with E-state index in [2.05, 4.69) is 20.6 Å². The summed E-state index contributed by atoms with van der Waals surface area (Å²) < 4.78 is 0. The van der Waals surface area contributed by atoms with Gasteiger partial charge >= 0.3 is 0 Å². The van der Waals surface area contributed by atoms with Crippen molar-refractivity contribution in [3.63, 3.8) is 0 Å². The summed E-state index contributed by atoms with van der Waals surface area (Å²) in [6, 6.07) is 8.93.